The highest BCUT2D eigenvalue weighted by Gasteiger charge is 2.15. The maximum atomic E-state index is 5.69. The van der Waals surface area contributed by atoms with Crippen LogP contribution in [-0.2, 0) is 19.4 Å². The van der Waals surface area contributed by atoms with E-state index in [4.69, 9.17) is 4.42 Å². The number of nitrogens with zero attached hydrogens (tertiary/aromatic N) is 1. The van der Waals surface area contributed by atoms with Crippen molar-refractivity contribution in [3.8, 4) is 0 Å². The predicted molar refractivity (Wildman–Crippen MR) is 88.0 cm³/mol. The summed E-state index contributed by atoms with van der Waals surface area (Å²) < 4.78 is 5.69. The molecule has 3 rings (SSSR count). The lowest BCUT2D eigenvalue weighted by molar-refractivity contribution is 0.436. The first-order valence-corrected chi connectivity index (χ1v) is 8.56. The molecule has 4 nitrogen and oxygen atoms in total. The number of nitrogens with one attached hydrogen (secondary N) is 2. The summed E-state index contributed by atoms with van der Waals surface area (Å²) in [6.45, 7) is 6.08. The summed E-state index contributed by atoms with van der Waals surface area (Å²) in [5.41, 5.74) is 4.06. The van der Waals surface area contributed by atoms with Gasteiger partial charge in [-0.15, -0.1) is 0 Å². The molecule has 0 saturated carbocycles. The van der Waals surface area contributed by atoms with E-state index in [-0.39, 0.29) is 0 Å². The lowest BCUT2D eigenvalue weighted by Crippen LogP contribution is -2.17. The van der Waals surface area contributed by atoms with Crippen LogP contribution in [0.5, 0.6) is 0 Å². The molecule has 4 heteroatoms. The number of hydrogen-bond acceptors (Lipinski definition) is 3. The summed E-state index contributed by atoms with van der Waals surface area (Å²) in [7, 11) is 0. The smallest absolute Gasteiger partial charge is 0.107 e. The standard InChI is InChI=1S/C18H27N3O/c1-13(18-9-8-14(2)22-18)10-11-19-12-17-15-6-4-3-5-7-16(15)20-21-17/h8-9,13,19H,3-7,10-12H2,1-2H3,(H,20,21). The zero-order valence-electron chi connectivity index (χ0n) is 13.7. The summed E-state index contributed by atoms with van der Waals surface area (Å²) in [5.74, 6) is 2.54. The van der Waals surface area contributed by atoms with Crippen molar-refractivity contribution < 1.29 is 4.42 Å². The van der Waals surface area contributed by atoms with Gasteiger partial charge in [-0.1, -0.05) is 13.3 Å². The lowest BCUT2D eigenvalue weighted by atomic mass is 10.1. The molecule has 1 aliphatic carbocycles. The third kappa shape index (κ3) is 3.61. The van der Waals surface area contributed by atoms with Gasteiger partial charge in [0.2, 0.25) is 0 Å². The van der Waals surface area contributed by atoms with Crippen LogP contribution in [0.1, 0.15) is 67.0 Å². The van der Waals surface area contributed by atoms with Crippen molar-refractivity contribution in [1.29, 1.82) is 0 Å². The van der Waals surface area contributed by atoms with Gasteiger partial charge in [0.1, 0.15) is 11.5 Å². The highest BCUT2D eigenvalue weighted by Crippen LogP contribution is 2.22. The highest BCUT2D eigenvalue weighted by molar-refractivity contribution is 5.26. The summed E-state index contributed by atoms with van der Waals surface area (Å²) in [5, 5.41) is 11.3. The van der Waals surface area contributed by atoms with Gasteiger partial charge in [0, 0.05) is 18.2 Å². The summed E-state index contributed by atoms with van der Waals surface area (Å²) in [6, 6.07) is 4.13. The van der Waals surface area contributed by atoms with Crippen LogP contribution in [0.4, 0.5) is 0 Å². The predicted octanol–water partition coefficient (Wildman–Crippen LogP) is 3.86. The molecular formula is C18H27N3O. The Hall–Kier alpha value is -1.55. The van der Waals surface area contributed by atoms with E-state index in [1.165, 1.54) is 42.6 Å². The zero-order chi connectivity index (χ0) is 15.4. The minimum atomic E-state index is 0.456. The van der Waals surface area contributed by atoms with E-state index in [1.807, 2.05) is 13.0 Å². The monoisotopic (exact) mass is 301 g/mol. The average molecular weight is 301 g/mol. The normalized spacial score (nSPS) is 16.3. The molecule has 0 amide bonds. The van der Waals surface area contributed by atoms with E-state index in [9.17, 15) is 0 Å². The number of H-pyrrole nitrogens is 1. The van der Waals surface area contributed by atoms with Crippen molar-refractivity contribution >= 4 is 0 Å². The van der Waals surface area contributed by atoms with Crippen LogP contribution in [-0.4, -0.2) is 16.7 Å². The number of aryl methyl sites for hydroxylation is 2. The fourth-order valence-electron chi connectivity index (χ4n) is 3.26. The Labute approximate surface area is 132 Å². The molecule has 0 bridgehead atoms. The Kier molecular flexibility index (Phi) is 4.98. The molecule has 1 atom stereocenters. The van der Waals surface area contributed by atoms with Crippen LogP contribution >= 0.6 is 0 Å². The first kappa shape index (κ1) is 15.3. The van der Waals surface area contributed by atoms with E-state index >= 15 is 0 Å². The molecule has 1 unspecified atom stereocenters. The second-order valence-corrected chi connectivity index (χ2v) is 6.50. The van der Waals surface area contributed by atoms with Crippen LogP contribution in [0.15, 0.2) is 16.5 Å². The van der Waals surface area contributed by atoms with Gasteiger partial charge in [-0.05, 0) is 63.3 Å². The first-order chi connectivity index (χ1) is 10.7. The van der Waals surface area contributed by atoms with Crippen molar-refractivity contribution in [3.05, 3.63) is 40.6 Å². The molecule has 0 fully saturated rings. The number of aromatic amines is 1. The molecule has 0 spiro atoms. The molecule has 2 aromatic heterocycles. The van der Waals surface area contributed by atoms with Gasteiger partial charge >= 0.3 is 0 Å². The van der Waals surface area contributed by atoms with Crippen molar-refractivity contribution in [2.24, 2.45) is 0 Å². The van der Waals surface area contributed by atoms with Gasteiger partial charge in [0.05, 0.1) is 5.69 Å². The Morgan fingerprint density at radius 3 is 2.95 bits per heavy atom. The van der Waals surface area contributed by atoms with Crippen molar-refractivity contribution in [1.82, 2.24) is 15.5 Å². The van der Waals surface area contributed by atoms with Crippen LogP contribution < -0.4 is 5.32 Å². The summed E-state index contributed by atoms with van der Waals surface area (Å²) in [4.78, 5) is 0. The number of fused-ring (bicyclic) bond motifs is 1. The van der Waals surface area contributed by atoms with E-state index in [0.717, 1.165) is 37.5 Å². The molecule has 1 aliphatic rings. The topological polar surface area (TPSA) is 53.9 Å². The molecule has 0 aliphatic heterocycles. The van der Waals surface area contributed by atoms with Crippen LogP contribution in [0.2, 0.25) is 0 Å². The second kappa shape index (κ2) is 7.14. The third-order valence-electron chi connectivity index (χ3n) is 4.69. The van der Waals surface area contributed by atoms with Gasteiger partial charge in [0.15, 0.2) is 0 Å². The van der Waals surface area contributed by atoms with Gasteiger partial charge < -0.3 is 9.73 Å². The Morgan fingerprint density at radius 1 is 1.27 bits per heavy atom. The SMILES string of the molecule is Cc1ccc(C(C)CCNCc2n[nH]c3c2CCCCC3)o1. The van der Waals surface area contributed by atoms with E-state index in [0.29, 0.717) is 5.92 Å². The number of hydrogen-bond donors (Lipinski definition) is 2. The van der Waals surface area contributed by atoms with E-state index in [2.05, 4.69) is 28.5 Å². The van der Waals surface area contributed by atoms with Crippen LogP contribution in [0.3, 0.4) is 0 Å². The molecule has 22 heavy (non-hydrogen) atoms. The molecule has 120 valence electrons. The maximum absolute atomic E-state index is 5.69. The van der Waals surface area contributed by atoms with Gasteiger partial charge in [-0.25, -0.2) is 0 Å². The van der Waals surface area contributed by atoms with E-state index < -0.39 is 0 Å². The molecule has 0 radical (unpaired) electrons. The fraction of sp³-hybridized carbons (Fsp3) is 0.611. The lowest BCUT2D eigenvalue weighted by Gasteiger charge is -2.09. The van der Waals surface area contributed by atoms with Gasteiger partial charge in [-0.3, -0.25) is 5.10 Å². The average Bonchev–Trinajstić information content (AvgIpc) is 3.03. The Bertz CT molecular complexity index is 599. The number of furan rings is 1. The van der Waals surface area contributed by atoms with Gasteiger partial charge in [0.25, 0.3) is 0 Å². The minimum Gasteiger partial charge on any atom is -0.466 e. The second-order valence-electron chi connectivity index (χ2n) is 6.50. The van der Waals surface area contributed by atoms with Crippen molar-refractivity contribution in [2.45, 2.75) is 64.8 Å². The number of aromatic nitrogens is 2. The molecule has 2 N–H and O–H groups in total. The Morgan fingerprint density at radius 2 is 2.14 bits per heavy atom. The molecule has 2 aromatic rings. The quantitative estimate of drug-likeness (QED) is 0.629. The fourth-order valence-corrected chi connectivity index (χ4v) is 3.26. The van der Waals surface area contributed by atoms with Crippen LogP contribution in [0.25, 0.3) is 0 Å². The van der Waals surface area contributed by atoms with Crippen molar-refractivity contribution in [3.63, 3.8) is 0 Å². The zero-order valence-corrected chi connectivity index (χ0v) is 13.7. The molecule has 0 saturated heterocycles. The van der Waals surface area contributed by atoms with Crippen molar-refractivity contribution in [2.75, 3.05) is 6.54 Å². The first-order valence-electron chi connectivity index (χ1n) is 8.56. The highest BCUT2D eigenvalue weighted by atomic mass is 16.3. The molecule has 0 aromatic carbocycles. The maximum Gasteiger partial charge on any atom is 0.107 e. The third-order valence-corrected chi connectivity index (χ3v) is 4.69. The molecular weight excluding hydrogens is 274 g/mol. The van der Waals surface area contributed by atoms with Crippen LogP contribution in [0, 0.1) is 6.92 Å². The summed E-state index contributed by atoms with van der Waals surface area (Å²) >= 11 is 0. The largest absolute Gasteiger partial charge is 0.466 e. The molecule has 2 heterocycles. The van der Waals surface area contributed by atoms with Gasteiger partial charge in [-0.2, -0.15) is 5.10 Å². The number of rotatable bonds is 6. The minimum absolute atomic E-state index is 0.456. The van der Waals surface area contributed by atoms with E-state index in [1.54, 1.807) is 0 Å². The summed E-state index contributed by atoms with van der Waals surface area (Å²) in [6.07, 6.45) is 7.37. The Balaban J connectivity index is 1.46.